The normalized spacial score (nSPS) is 11.1. The van der Waals surface area contributed by atoms with E-state index in [1.165, 1.54) is 23.5 Å². The van der Waals surface area contributed by atoms with E-state index in [4.69, 9.17) is 0 Å². The Kier molecular flexibility index (Phi) is 2.79. The molecular formula is C16H10FN3S. The van der Waals surface area contributed by atoms with Gasteiger partial charge in [0.1, 0.15) is 5.82 Å². The van der Waals surface area contributed by atoms with Crippen molar-refractivity contribution in [3.8, 4) is 0 Å². The quantitative estimate of drug-likeness (QED) is 0.581. The van der Waals surface area contributed by atoms with Crippen molar-refractivity contribution in [1.82, 2.24) is 9.97 Å². The van der Waals surface area contributed by atoms with Gasteiger partial charge in [-0.2, -0.15) is 0 Å². The van der Waals surface area contributed by atoms with Crippen LogP contribution in [-0.2, 0) is 0 Å². The van der Waals surface area contributed by atoms with Crippen LogP contribution in [0.25, 0.3) is 21.1 Å². The van der Waals surface area contributed by atoms with E-state index in [1.54, 1.807) is 12.3 Å². The van der Waals surface area contributed by atoms with Gasteiger partial charge in [-0.1, -0.05) is 17.4 Å². The fraction of sp³-hybridized carbons (Fsp3) is 0. The van der Waals surface area contributed by atoms with Gasteiger partial charge >= 0.3 is 0 Å². The summed E-state index contributed by atoms with van der Waals surface area (Å²) in [5.41, 5.74) is 2.69. The lowest BCUT2D eigenvalue weighted by Gasteiger charge is -2.03. The van der Waals surface area contributed by atoms with Gasteiger partial charge in [-0.15, -0.1) is 0 Å². The number of thiazole rings is 1. The molecule has 1 N–H and O–H groups in total. The summed E-state index contributed by atoms with van der Waals surface area (Å²) in [6.45, 7) is 0. The molecule has 0 aliphatic rings. The van der Waals surface area contributed by atoms with Crippen molar-refractivity contribution >= 4 is 43.3 Å². The number of benzene rings is 2. The summed E-state index contributed by atoms with van der Waals surface area (Å²) >= 11 is 1.43. The highest BCUT2D eigenvalue weighted by Gasteiger charge is 2.05. The third-order valence-corrected chi connectivity index (χ3v) is 4.14. The van der Waals surface area contributed by atoms with E-state index in [2.05, 4.69) is 15.3 Å². The van der Waals surface area contributed by atoms with E-state index in [1.807, 2.05) is 30.3 Å². The summed E-state index contributed by atoms with van der Waals surface area (Å²) in [6, 6.07) is 14.5. The molecule has 4 rings (SSSR count). The number of pyridine rings is 1. The molecule has 2 aromatic heterocycles. The van der Waals surface area contributed by atoms with Crippen LogP contribution in [0.3, 0.4) is 0 Å². The minimum atomic E-state index is -0.241. The first kappa shape index (κ1) is 12.2. The maximum atomic E-state index is 13.2. The molecular weight excluding hydrogens is 285 g/mol. The van der Waals surface area contributed by atoms with Crippen LogP contribution in [0.2, 0.25) is 0 Å². The highest BCUT2D eigenvalue weighted by atomic mass is 32.1. The number of halogens is 1. The molecule has 0 radical (unpaired) electrons. The number of rotatable bonds is 2. The Bertz CT molecular complexity index is 948. The van der Waals surface area contributed by atoms with Crippen LogP contribution in [0.5, 0.6) is 0 Å². The zero-order valence-electron chi connectivity index (χ0n) is 10.9. The SMILES string of the molecule is Fc1ccc2nc(Nc3ccc4ncccc4c3)sc2c1. The zero-order chi connectivity index (χ0) is 14.2. The van der Waals surface area contributed by atoms with Crippen LogP contribution in [0.1, 0.15) is 0 Å². The molecule has 0 bridgehead atoms. The van der Waals surface area contributed by atoms with Gasteiger partial charge in [-0.05, 0) is 42.5 Å². The number of anilines is 2. The minimum absolute atomic E-state index is 0.241. The lowest BCUT2D eigenvalue weighted by Crippen LogP contribution is -1.89. The maximum absolute atomic E-state index is 13.2. The monoisotopic (exact) mass is 295 g/mol. The Morgan fingerprint density at radius 1 is 1.00 bits per heavy atom. The molecule has 0 atom stereocenters. The van der Waals surface area contributed by atoms with Crippen molar-refractivity contribution in [3.63, 3.8) is 0 Å². The zero-order valence-corrected chi connectivity index (χ0v) is 11.7. The van der Waals surface area contributed by atoms with Crippen LogP contribution >= 0.6 is 11.3 Å². The Morgan fingerprint density at radius 3 is 2.86 bits per heavy atom. The second-order valence-electron chi connectivity index (χ2n) is 4.67. The van der Waals surface area contributed by atoms with Gasteiger partial charge in [0.15, 0.2) is 5.13 Å². The van der Waals surface area contributed by atoms with Crippen LogP contribution < -0.4 is 5.32 Å². The molecule has 5 heteroatoms. The third kappa shape index (κ3) is 2.32. The number of aromatic nitrogens is 2. The Hall–Kier alpha value is -2.53. The lowest BCUT2D eigenvalue weighted by atomic mass is 10.2. The van der Waals surface area contributed by atoms with Gasteiger partial charge in [-0.3, -0.25) is 4.98 Å². The van der Waals surface area contributed by atoms with Crippen molar-refractivity contribution in [3.05, 3.63) is 60.5 Å². The van der Waals surface area contributed by atoms with Gasteiger partial charge in [0.25, 0.3) is 0 Å². The molecule has 2 heterocycles. The fourth-order valence-corrected chi connectivity index (χ4v) is 3.14. The second-order valence-corrected chi connectivity index (χ2v) is 5.70. The van der Waals surface area contributed by atoms with Crippen molar-refractivity contribution in [2.75, 3.05) is 5.32 Å². The topological polar surface area (TPSA) is 37.8 Å². The second kappa shape index (κ2) is 4.79. The number of nitrogens with one attached hydrogen (secondary N) is 1. The number of nitrogens with zero attached hydrogens (tertiary/aromatic N) is 2. The predicted octanol–water partition coefficient (Wildman–Crippen LogP) is 4.73. The average molecular weight is 295 g/mol. The number of hydrogen-bond acceptors (Lipinski definition) is 4. The summed E-state index contributed by atoms with van der Waals surface area (Å²) in [4.78, 5) is 8.75. The molecule has 2 aromatic carbocycles. The smallest absolute Gasteiger partial charge is 0.188 e. The highest BCUT2D eigenvalue weighted by Crippen LogP contribution is 2.29. The van der Waals surface area contributed by atoms with E-state index in [9.17, 15) is 4.39 Å². The first-order valence-electron chi connectivity index (χ1n) is 6.46. The molecule has 4 aromatic rings. The van der Waals surface area contributed by atoms with E-state index < -0.39 is 0 Å². The van der Waals surface area contributed by atoms with Crippen molar-refractivity contribution in [2.45, 2.75) is 0 Å². The van der Waals surface area contributed by atoms with Gasteiger partial charge < -0.3 is 5.32 Å². The first-order valence-corrected chi connectivity index (χ1v) is 7.27. The fourth-order valence-electron chi connectivity index (χ4n) is 2.23. The van der Waals surface area contributed by atoms with Crippen LogP contribution in [0.15, 0.2) is 54.7 Å². The molecule has 3 nitrogen and oxygen atoms in total. The highest BCUT2D eigenvalue weighted by molar-refractivity contribution is 7.22. The summed E-state index contributed by atoms with van der Waals surface area (Å²) in [6.07, 6.45) is 1.78. The van der Waals surface area contributed by atoms with E-state index in [-0.39, 0.29) is 5.82 Å². The molecule has 0 aliphatic heterocycles. The van der Waals surface area contributed by atoms with Gasteiger partial charge in [0.2, 0.25) is 0 Å². The Labute approximate surface area is 124 Å². The maximum Gasteiger partial charge on any atom is 0.188 e. The molecule has 0 saturated heterocycles. The van der Waals surface area contributed by atoms with Crippen LogP contribution in [0.4, 0.5) is 15.2 Å². The Balaban J connectivity index is 1.71. The summed E-state index contributed by atoms with van der Waals surface area (Å²) in [5, 5.41) is 5.08. The minimum Gasteiger partial charge on any atom is -0.332 e. The summed E-state index contributed by atoms with van der Waals surface area (Å²) < 4.78 is 14.0. The van der Waals surface area contributed by atoms with Gasteiger partial charge in [-0.25, -0.2) is 9.37 Å². The number of fused-ring (bicyclic) bond motifs is 2. The molecule has 0 saturated carbocycles. The largest absolute Gasteiger partial charge is 0.332 e. The van der Waals surface area contributed by atoms with Crippen molar-refractivity contribution in [1.29, 1.82) is 0 Å². The van der Waals surface area contributed by atoms with E-state index >= 15 is 0 Å². The first-order chi connectivity index (χ1) is 10.3. The average Bonchev–Trinajstić information content (AvgIpc) is 2.88. The van der Waals surface area contributed by atoms with Crippen LogP contribution in [0, 0.1) is 5.82 Å². The molecule has 21 heavy (non-hydrogen) atoms. The standard InChI is InChI=1S/C16H10FN3S/c17-11-3-5-14-15(9-11)21-16(20-14)19-12-4-6-13-10(8-12)2-1-7-18-13/h1-9H,(H,19,20). The molecule has 102 valence electrons. The van der Waals surface area contributed by atoms with E-state index in [0.717, 1.165) is 31.9 Å². The van der Waals surface area contributed by atoms with Crippen LogP contribution in [-0.4, -0.2) is 9.97 Å². The lowest BCUT2D eigenvalue weighted by molar-refractivity contribution is 0.630. The molecule has 0 fully saturated rings. The van der Waals surface area contributed by atoms with Gasteiger partial charge in [0, 0.05) is 17.3 Å². The number of hydrogen-bond donors (Lipinski definition) is 1. The molecule has 0 unspecified atom stereocenters. The molecule has 0 spiro atoms. The predicted molar refractivity (Wildman–Crippen MR) is 84.6 cm³/mol. The van der Waals surface area contributed by atoms with Crippen molar-refractivity contribution in [2.24, 2.45) is 0 Å². The van der Waals surface area contributed by atoms with E-state index in [0.29, 0.717) is 0 Å². The summed E-state index contributed by atoms with van der Waals surface area (Å²) in [7, 11) is 0. The summed E-state index contributed by atoms with van der Waals surface area (Å²) in [5.74, 6) is -0.241. The van der Waals surface area contributed by atoms with Crippen molar-refractivity contribution < 1.29 is 4.39 Å². The third-order valence-electron chi connectivity index (χ3n) is 3.20. The van der Waals surface area contributed by atoms with Gasteiger partial charge in [0.05, 0.1) is 15.7 Å². The molecule has 0 aliphatic carbocycles. The molecule has 0 amide bonds. The Morgan fingerprint density at radius 2 is 1.90 bits per heavy atom.